The van der Waals surface area contributed by atoms with Crippen molar-refractivity contribution in [2.24, 2.45) is 5.73 Å². The fourth-order valence-corrected chi connectivity index (χ4v) is 3.60. The van der Waals surface area contributed by atoms with Gasteiger partial charge < -0.3 is 15.8 Å². The van der Waals surface area contributed by atoms with Gasteiger partial charge in [-0.05, 0) is 44.5 Å². The Balaban J connectivity index is 1.83. The van der Waals surface area contributed by atoms with E-state index in [1.807, 2.05) is 69.3 Å². The quantitative estimate of drug-likeness (QED) is 0.697. The van der Waals surface area contributed by atoms with Gasteiger partial charge in [0.1, 0.15) is 11.8 Å². The molecule has 7 nitrogen and oxygen atoms in total. The van der Waals surface area contributed by atoms with Gasteiger partial charge >= 0.3 is 0 Å². The molecule has 29 heavy (non-hydrogen) atoms. The number of nitrogens with zero attached hydrogens (tertiary/aromatic N) is 3. The summed E-state index contributed by atoms with van der Waals surface area (Å²) in [4.78, 5) is 16.9. The minimum atomic E-state index is -0.493. The Hall–Kier alpha value is -3.61. The molecule has 1 atom stereocenters. The molecule has 4 rings (SSSR count). The number of allylic oxidation sites excluding steroid dienone is 1. The second-order valence-corrected chi connectivity index (χ2v) is 7.01. The first-order valence-corrected chi connectivity index (χ1v) is 9.52. The summed E-state index contributed by atoms with van der Waals surface area (Å²) in [7, 11) is 0. The minimum Gasteiger partial charge on any atom is -0.494 e. The van der Waals surface area contributed by atoms with Crippen LogP contribution in [0, 0.1) is 6.92 Å². The van der Waals surface area contributed by atoms with E-state index in [9.17, 15) is 4.79 Å². The minimum absolute atomic E-state index is 0.461. The van der Waals surface area contributed by atoms with Gasteiger partial charge in [0.15, 0.2) is 5.82 Å². The number of ether oxygens (including phenoxy) is 1. The van der Waals surface area contributed by atoms with Gasteiger partial charge in [-0.15, -0.1) is 5.10 Å². The largest absolute Gasteiger partial charge is 0.494 e. The molecule has 3 aromatic rings. The highest BCUT2D eigenvalue weighted by Crippen LogP contribution is 2.36. The van der Waals surface area contributed by atoms with Crippen LogP contribution in [0.15, 0.2) is 59.8 Å². The van der Waals surface area contributed by atoms with Crippen molar-refractivity contribution < 1.29 is 9.53 Å². The number of aryl methyl sites for hydroxylation is 1. The third-order valence-corrected chi connectivity index (χ3v) is 4.90. The maximum Gasteiger partial charge on any atom is 0.248 e. The molecule has 0 bridgehead atoms. The van der Waals surface area contributed by atoms with E-state index >= 15 is 0 Å². The number of amides is 1. The first-order chi connectivity index (χ1) is 14.0. The first-order valence-electron chi connectivity index (χ1n) is 9.52. The Morgan fingerprint density at radius 2 is 1.97 bits per heavy atom. The summed E-state index contributed by atoms with van der Waals surface area (Å²) in [6.45, 7) is 6.38. The number of nitrogens with two attached hydrogens (primary N) is 1. The number of carbonyl (C=O) groups excluding carboxylic acids is 1. The molecule has 0 fully saturated rings. The van der Waals surface area contributed by atoms with Crippen LogP contribution >= 0.6 is 0 Å². The number of hydrogen-bond acceptors (Lipinski definition) is 5. The van der Waals surface area contributed by atoms with Crippen molar-refractivity contribution in [2.45, 2.75) is 26.8 Å². The highest BCUT2D eigenvalue weighted by atomic mass is 16.5. The summed E-state index contributed by atoms with van der Waals surface area (Å²) >= 11 is 0. The summed E-state index contributed by atoms with van der Waals surface area (Å²) in [5, 5.41) is 7.89. The summed E-state index contributed by atoms with van der Waals surface area (Å²) in [5.74, 6) is 1.44. The Morgan fingerprint density at radius 1 is 1.21 bits per heavy atom. The third-order valence-electron chi connectivity index (χ3n) is 4.90. The zero-order valence-electron chi connectivity index (χ0n) is 16.6. The lowest BCUT2D eigenvalue weighted by atomic mass is 9.95. The van der Waals surface area contributed by atoms with E-state index in [0.29, 0.717) is 29.6 Å². The molecule has 0 aliphatic carbocycles. The summed E-state index contributed by atoms with van der Waals surface area (Å²) in [5.41, 5.74) is 9.79. The van der Waals surface area contributed by atoms with E-state index in [1.54, 1.807) is 4.68 Å². The molecule has 7 heteroatoms. The van der Waals surface area contributed by atoms with Crippen LogP contribution in [0.1, 0.15) is 31.0 Å². The van der Waals surface area contributed by atoms with Crippen LogP contribution in [-0.2, 0) is 4.79 Å². The Labute approximate surface area is 169 Å². The van der Waals surface area contributed by atoms with Crippen molar-refractivity contribution in [1.29, 1.82) is 0 Å². The van der Waals surface area contributed by atoms with Gasteiger partial charge in [0, 0.05) is 11.3 Å². The van der Waals surface area contributed by atoms with Gasteiger partial charge in [0.05, 0.1) is 12.2 Å². The van der Waals surface area contributed by atoms with Crippen molar-refractivity contribution in [3.05, 3.63) is 70.9 Å². The number of hydrogen-bond donors (Lipinski definition) is 2. The first kappa shape index (κ1) is 18.7. The lowest BCUT2D eigenvalue weighted by Crippen LogP contribution is -2.31. The van der Waals surface area contributed by atoms with Crippen molar-refractivity contribution in [1.82, 2.24) is 14.8 Å². The van der Waals surface area contributed by atoms with E-state index in [2.05, 4.69) is 10.3 Å². The van der Waals surface area contributed by atoms with Gasteiger partial charge in [0.25, 0.3) is 0 Å². The fourth-order valence-electron chi connectivity index (χ4n) is 3.60. The highest BCUT2D eigenvalue weighted by Gasteiger charge is 2.33. The predicted octanol–water partition coefficient (Wildman–Crippen LogP) is 3.43. The number of nitrogens with one attached hydrogen (secondary N) is 1. The molecule has 3 N–H and O–H groups in total. The normalized spacial score (nSPS) is 15.6. The summed E-state index contributed by atoms with van der Waals surface area (Å²) in [6.07, 6.45) is 0. The second kappa shape index (κ2) is 7.43. The summed E-state index contributed by atoms with van der Waals surface area (Å²) in [6, 6.07) is 15.1. The molecule has 0 saturated heterocycles. The molecule has 0 unspecified atom stereocenters. The summed E-state index contributed by atoms with van der Waals surface area (Å²) < 4.78 is 7.26. The van der Waals surface area contributed by atoms with Crippen molar-refractivity contribution in [3.63, 3.8) is 0 Å². The maximum atomic E-state index is 12.3. The van der Waals surface area contributed by atoms with Crippen LogP contribution in [0.2, 0.25) is 0 Å². The van der Waals surface area contributed by atoms with Crippen LogP contribution in [0.25, 0.3) is 11.4 Å². The monoisotopic (exact) mass is 389 g/mol. The molecule has 1 amide bonds. The zero-order valence-corrected chi connectivity index (χ0v) is 16.6. The van der Waals surface area contributed by atoms with E-state index in [0.717, 1.165) is 22.4 Å². The lowest BCUT2D eigenvalue weighted by molar-refractivity contribution is -0.115. The van der Waals surface area contributed by atoms with E-state index in [-0.39, 0.29) is 0 Å². The van der Waals surface area contributed by atoms with Gasteiger partial charge in [-0.1, -0.05) is 35.9 Å². The molecule has 2 heterocycles. The standard InChI is InChI=1S/C22H23N5O2/c1-4-29-17-10-8-15(9-11-17)19-18(20(23)28)14(3)24-22-25-21(26-27(19)22)16-7-5-6-13(2)12-16/h5-12,19H,4H2,1-3H3,(H2,23,28)(H,24,25,26)/t19-/m1/s1. The molecule has 148 valence electrons. The van der Waals surface area contributed by atoms with E-state index in [4.69, 9.17) is 15.6 Å². The third kappa shape index (κ3) is 3.47. The molecule has 2 aromatic carbocycles. The topological polar surface area (TPSA) is 95.1 Å². The smallest absolute Gasteiger partial charge is 0.248 e. The van der Waals surface area contributed by atoms with Gasteiger partial charge in [-0.25, -0.2) is 4.68 Å². The number of anilines is 1. The molecule has 1 aliphatic heterocycles. The van der Waals surface area contributed by atoms with E-state index in [1.165, 1.54) is 0 Å². The average Bonchev–Trinajstić information content (AvgIpc) is 3.11. The van der Waals surface area contributed by atoms with E-state index < -0.39 is 11.9 Å². The molecule has 0 radical (unpaired) electrons. The van der Waals surface area contributed by atoms with Gasteiger partial charge in [0.2, 0.25) is 11.9 Å². The Bertz CT molecular complexity index is 1100. The van der Waals surface area contributed by atoms with Crippen LogP contribution in [-0.4, -0.2) is 27.3 Å². The average molecular weight is 389 g/mol. The SMILES string of the molecule is CCOc1ccc([C@@H]2C(C(N)=O)=C(C)Nc3nc(-c4cccc(C)c4)nn32)cc1. The number of fused-ring (bicyclic) bond motifs is 1. The number of rotatable bonds is 5. The van der Waals surface area contributed by atoms with Crippen molar-refractivity contribution >= 4 is 11.9 Å². The zero-order chi connectivity index (χ0) is 20.5. The molecule has 1 aliphatic rings. The van der Waals surface area contributed by atoms with Crippen LogP contribution in [0.3, 0.4) is 0 Å². The number of aromatic nitrogens is 3. The van der Waals surface area contributed by atoms with Crippen LogP contribution in [0.5, 0.6) is 5.75 Å². The molecule has 1 aromatic heterocycles. The molecule has 0 spiro atoms. The molecule has 0 saturated carbocycles. The van der Waals surface area contributed by atoms with Gasteiger partial charge in [-0.3, -0.25) is 4.79 Å². The van der Waals surface area contributed by atoms with Crippen molar-refractivity contribution in [2.75, 3.05) is 11.9 Å². The Kier molecular flexibility index (Phi) is 4.80. The predicted molar refractivity (Wildman–Crippen MR) is 111 cm³/mol. The molecular weight excluding hydrogens is 366 g/mol. The van der Waals surface area contributed by atoms with Gasteiger partial charge in [-0.2, -0.15) is 4.98 Å². The second-order valence-electron chi connectivity index (χ2n) is 7.01. The number of carbonyl (C=O) groups is 1. The van der Waals surface area contributed by atoms with Crippen molar-refractivity contribution in [3.8, 4) is 17.1 Å². The highest BCUT2D eigenvalue weighted by molar-refractivity contribution is 5.95. The fraction of sp³-hybridized carbons (Fsp3) is 0.227. The van der Waals surface area contributed by atoms with Crippen LogP contribution in [0.4, 0.5) is 5.95 Å². The van der Waals surface area contributed by atoms with Crippen LogP contribution < -0.4 is 15.8 Å². The molecular formula is C22H23N5O2. The number of primary amides is 1. The number of benzene rings is 2. The Morgan fingerprint density at radius 3 is 2.62 bits per heavy atom. The maximum absolute atomic E-state index is 12.3. The lowest BCUT2D eigenvalue weighted by Gasteiger charge is -2.27.